The molecule has 1 fully saturated rings. The lowest BCUT2D eigenvalue weighted by atomic mass is 9.99. The molecule has 1 aliphatic rings. The SMILES string of the molecule is Cc1cc(NC(=O)C2CCOCC2)cc(C)c1Br. The summed E-state index contributed by atoms with van der Waals surface area (Å²) in [6.07, 6.45) is 1.64. The summed E-state index contributed by atoms with van der Waals surface area (Å²) in [5.41, 5.74) is 3.15. The molecule has 1 N–H and O–H groups in total. The van der Waals surface area contributed by atoms with Crippen molar-refractivity contribution in [2.75, 3.05) is 18.5 Å². The van der Waals surface area contributed by atoms with E-state index in [2.05, 4.69) is 21.2 Å². The van der Waals surface area contributed by atoms with Crippen molar-refractivity contribution in [1.82, 2.24) is 0 Å². The third-order valence-electron chi connectivity index (χ3n) is 3.30. The van der Waals surface area contributed by atoms with Crippen LogP contribution in [0.25, 0.3) is 0 Å². The molecule has 0 spiro atoms. The number of ether oxygens (including phenoxy) is 1. The van der Waals surface area contributed by atoms with E-state index >= 15 is 0 Å². The highest BCUT2D eigenvalue weighted by atomic mass is 79.9. The molecular weight excluding hydrogens is 294 g/mol. The summed E-state index contributed by atoms with van der Waals surface area (Å²) in [4.78, 5) is 12.1. The summed E-state index contributed by atoms with van der Waals surface area (Å²) in [6, 6.07) is 3.99. The van der Waals surface area contributed by atoms with Crippen molar-refractivity contribution in [1.29, 1.82) is 0 Å². The topological polar surface area (TPSA) is 38.3 Å². The molecule has 1 aromatic carbocycles. The number of amides is 1. The molecule has 0 bridgehead atoms. The molecule has 1 saturated heterocycles. The van der Waals surface area contributed by atoms with Crippen molar-refractivity contribution in [2.45, 2.75) is 26.7 Å². The lowest BCUT2D eigenvalue weighted by Crippen LogP contribution is -2.28. The number of benzene rings is 1. The Morgan fingerprint density at radius 3 is 2.39 bits per heavy atom. The summed E-state index contributed by atoms with van der Waals surface area (Å²) < 4.78 is 6.37. The van der Waals surface area contributed by atoms with Gasteiger partial charge in [0.1, 0.15) is 0 Å². The molecule has 18 heavy (non-hydrogen) atoms. The second kappa shape index (κ2) is 5.85. The average Bonchev–Trinajstić information content (AvgIpc) is 2.37. The van der Waals surface area contributed by atoms with Crippen molar-refractivity contribution in [3.63, 3.8) is 0 Å². The summed E-state index contributed by atoms with van der Waals surface area (Å²) in [5.74, 6) is 0.197. The van der Waals surface area contributed by atoms with E-state index < -0.39 is 0 Å². The third kappa shape index (κ3) is 3.12. The van der Waals surface area contributed by atoms with Crippen LogP contribution in [-0.2, 0) is 9.53 Å². The van der Waals surface area contributed by atoms with Crippen LogP contribution in [0.5, 0.6) is 0 Å². The van der Waals surface area contributed by atoms with E-state index in [1.165, 1.54) is 0 Å². The van der Waals surface area contributed by atoms with Gasteiger partial charge in [-0.25, -0.2) is 0 Å². The van der Waals surface area contributed by atoms with Gasteiger partial charge in [0, 0.05) is 29.3 Å². The fourth-order valence-electron chi connectivity index (χ4n) is 2.22. The first-order chi connectivity index (χ1) is 8.58. The molecule has 1 aromatic rings. The predicted molar refractivity (Wildman–Crippen MR) is 75.8 cm³/mol. The van der Waals surface area contributed by atoms with Gasteiger partial charge < -0.3 is 10.1 Å². The van der Waals surface area contributed by atoms with Crippen LogP contribution in [0.15, 0.2) is 16.6 Å². The van der Waals surface area contributed by atoms with Crippen LogP contribution in [0.3, 0.4) is 0 Å². The molecule has 98 valence electrons. The Balaban J connectivity index is 2.06. The molecule has 1 amide bonds. The second-order valence-corrected chi connectivity index (χ2v) is 5.59. The molecule has 0 saturated carbocycles. The molecule has 3 nitrogen and oxygen atoms in total. The molecule has 0 aliphatic carbocycles. The first-order valence-corrected chi connectivity index (χ1v) is 7.02. The van der Waals surface area contributed by atoms with Gasteiger partial charge in [-0.1, -0.05) is 15.9 Å². The molecule has 0 aromatic heterocycles. The second-order valence-electron chi connectivity index (χ2n) is 4.80. The van der Waals surface area contributed by atoms with Gasteiger partial charge in [0.05, 0.1) is 0 Å². The minimum absolute atomic E-state index is 0.0861. The summed E-state index contributed by atoms with van der Waals surface area (Å²) in [6.45, 7) is 5.44. The number of aryl methyl sites for hydroxylation is 2. The number of rotatable bonds is 2. The Hall–Kier alpha value is -0.870. The fraction of sp³-hybridized carbons (Fsp3) is 0.500. The molecular formula is C14H18BrNO2. The minimum Gasteiger partial charge on any atom is -0.381 e. The maximum absolute atomic E-state index is 12.1. The lowest BCUT2D eigenvalue weighted by Gasteiger charge is -2.21. The van der Waals surface area contributed by atoms with Crippen molar-refractivity contribution >= 4 is 27.5 Å². The van der Waals surface area contributed by atoms with E-state index in [1.54, 1.807) is 0 Å². The van der Waals surface area contributed by atoms with Crippen molar-refractivity contribution in [3.05, 3.63) is 27.7 Å². The fourth-order valence-corrected chi connectivity index (χ4v) is 2.45. The molecule has 0 radical (unpaired) electrons. The van der Waals surface area contributed by atoms with Gasteiger partial charge in [0.2, 0.25) is 5.91 Å². The molecule has 2 rings (SSSR count). The van der Waals surface area contributed by atoms with Crippen LogP contribution in [0.1, 0.15) is 24.0 Å². The molecule has 0 atom stereocenters. The van der Waals surface area contributed by atoms with Gasteiger partial charge in [-0.15, -0.1) is 0 Å². The lowest BCUT2D eigenvalue weighted by molar-refractivity contribution is -0.122. The Bertz CT molecular complexity index is 430. The van der Waals surface area contributed by atoms with Crippen molar-refractivity contribution in [3.8, 4) is 0 Å². The number of halogens is 1. The standard InChI is InChI=1S/C14H18BrNO2/c1-9-7-12(8-10(2)13(9)15)16-14(17)11-3-5-18-6-4-11/h7-8,11H,3-6H2,1-2H3,(H,16,17). The van der Waals surface area contributed by atoms with Crippen LogP contribution < -0.4 is 5.32 Å². The Morgan fingerprint density at radius 2 is 1.83 bits per heavy atom. The van der Waals surface area contributed by atoms with Gasteiger partial charge in [-0.2, -0.15) is 0 Å². The van der Waals surface area contributed by atoms with Gasteiger partial charge in [-0.05, 0) is 49.9 Å². The maximum Gasteiger partial charge on any atom is 0.227 e. The summed E-state index contributed by atoms with van der Waals surface area (Å²) in [5, 5.41) is 3.01. The monoisotopic (exact) mass is 311 g/mol. The van der Waals surface area contributed by atoms with E-state index in [0.29, 0.717) is 13.2 Å². The largest absolute Gasteiger partial charge is 0.381 e. The number of nitrogens with one attached hydrogen (secondary N) is 1. The van der Waals surface area contributed by atoms with Gasteiger partial charge in [-0.3, -0.25) is 4.79 Å². The molecule has 4 heteroatoms. The van der Waals surface area contributed by atoms with E-state index in [4.69, 9.17) is 4.74 Å². The number of anilines is 1. The molecule has 1 heterocycles. The van der Waals surface area contributed by atoms with E-state index in [1.807, 2.05) is 26.0 Å². The number of hydrogen-bond acceptors (Lipinski definition) is 2. The number of carbonyl (C=O) groups is 1. The van der Waals surface area contributed by atoms with Crippen LogP contribution in [0.4, 0.5) is 5.69 Å². The van der Waals surface area contributed by atoms with Crippen molar-refractivity contribution in [2.24, 2.45) is 5.92 Å². The third-order valence-corrected chi connectivity index (χ3v) is 4.55. The van der Waals surface area contributed by atoms with Gasteiger partial charge in [0.25, 0.3) is 0 Å². The predicted octanol–water partition coefficient (Wildman–Crippen LogP) is 3.43. The normalized spacial score (nSPS) is 16.6. The summed E-state index contributed by atoms with van der Waals surface area (Å²) >= 11 is 3.53. The van der Waals surface area contributed by atoms with Crippen LogP contribution >= 0.6 is 15.9 Å². The van der Waals surface area contributed by atoms with Crippen LogP contribution in [0, 0.1) is 19.8 Å². The number of carbonyl (C=O) groups excluding carboxylic acids is 1. The van der Waals surface area contributed by atoms with Crippen molar-refractivity contribution < 1.29 is 9.53 Å². The Labute approximate surface area is 116 Å². The smallest absolute Gasteiger partial charge is 0.227 e. The quantitative estimate of drug-likeness (QED) is 0.908. The summed E-state index contributed by atoms with van der Waals surface area (Å²) in [7, 11) is 0. The van der Waals surface area contributed by atoms with Crippen LogP contribution in [0.2, 0.25) is 0 Å². The Kier molecular flexibility index (Phi) is 4.40. The highest BCUT2D eigenvalue weighted by molar-refractivity contribution is 9.10. The zero-order valence-electron chi connectivity index (χ0n) is 10.8. The van der Waals surface area contributed by atoms with E-state index in [9.17, 15) is 4.79 Å². The zero-order valence-corrected chi connectivity index (χ0v) is 12.3. The first kappa shape index (κ1) is 13.6. The van der Waals surface area contributed by atoms with Gasteiger partial charge in [0.15, 0.2) is 0 Å². The van der Waals surface area contributed by atoms with Crippen LogP contribution in [-0.4, -0.2) is 19.1 Å². The highest BCUT2D eigenvalue weighted by Crippen LogP contribution is 2.26. The minimum atomic E-state index is 0.0861. The molecule has 1 aliphatic heterocycles. The molecule has 0 unspecified atom stereocenters. The first-order valence-electron chi connectivity index (χ1n) is 6.23. The zero-order chi connectivity index (χ0) is 13.1. The Morgan fingerprint density at radius 1 is 1.28 bits per heavy atom. The average molecular weight is 312 g/mol. The van der Waals surface area contributed by atoms with Gasteiger partial charge >= 0.3 is 0 Å². The highest BCUT2D eigenvalue weighted by Gasteiger charge is 2.21. The maximum atomic E-state index is 12.1. The number of hydrogen-bond donors (Lipinski definition) is 1. The van der Waals surface area contributed by atoms with E-state index in [0.717, 1.165) is 34.1 Å². The van der Waals surface area contributed by atoms with E-state index in [-0.39, 0.29) is 11.8 Å².